The minimum atomic E-state index is 1.11. The molecule has 0 amide bonds. The molecule has 0 aromatic heterocycles. The molecule has 2 N–H and O–H groups in total. The zero-order valence-corrected chi connectivity index (χ0v) is 6.11. The van der Waals surface area contributed by atoms with Crippen molar-refractivity contribution in [3.63, 3.8) is 0 Å². The van der Waals surface area contributed by atoms with E-state index in [1.54, 1.807) is 0 Å². The van der Waals surface area contributed by atoms with E-state index < -0.39 is 0 Å². The van der Waals surface area contributed by atoms with Gasteiger partial charge >= 0.3 is 0 Å². The number of nitrogens with two attached hydrogens (primary N) is 1. The van der Waals surface area contributed by atoms with Crippen LogP contribution in [0.15, 0.2) is 29.2 Å². The second kappa shape index (κ2) is 2.90. The second-order valence-electron chi connectivity index (χ2n) is 1.93. The molecule has 0 spiro atoms. The Hall–Kier alpha value is -0.470. The van der Waals surface area contributed by atoms with Crippen LogP contribution >= 0.6 is 11.9 Å². The maximum atomic E-state index is 5.32. The van der Waals surface area contributed by atoms with Crippen molar-refractivity contribution < 1.29 is 0 Å². The molecule has 1 aromatic rings. The summed E-state index contributed by atoms with van der Waals surface area (Å²) in [6.07, 6.45) is 0. The molecule has 2 heteroatoms. The number of aryl methyl sites for hydroxylation is 1. The van der Waals surface area contributed by atoms with Crippen LogP contribution in [0.4, 0.5) is 0 Å². The largest absolute Gasteiger partial charge is 0.274 e. The molecule has 9 heavy (non-hydrogen) atoms. The van der Waals surface area contributed by atoms with Crippen LogP contribution in [0.2, 0.25) is 0 Å². The summed E-state index contributed by atoms with van der Waals surface area (Å²) in [4.78, 5) is 1.11. The summed E-state index contributed by atoms with van der Waals surface area (Å²) in [5.74, 6) is 0. The Balaban J connectivity index is 2.88. The zero-order chi connectivity index (χ0) is 6.69. The second-order valence-corrected chi connectivity index (χ2v) is 2.64. The van der Waals surface area contributed by atoms with Crippen molar-refractivity contribution in [1.29, 1.82) is 0 Å². The molecule has 0 bridgehead atoms. The fourth-order valence-electron chi connectivity index (χ4n) is 0.617. The highest BCUT2D eigenvalue weighted by Crippen LogP contribution is 2.11. The monoisotopic (exact) mass is 139 g/mol. The quantitative estimate of drug-likeness (QED) is 0.602. The first-order chi connectivity index (χ1) is 4.33. The molecule has 48 valence electrons. The lowest BCUT2D eigenvalue weighted by Crippen LogP contribution is -1.78. The molecular weight excluding hydrogens is 130 g/mol. The Morgan fingerprint density at radius 1 is 1.22 bits per heavy atom. The highest BCUT2D eigenvalue weighted by atomic mass is 32.2. The number of hydrogen-bond acceptors (Lipinski definition) is 2. The van der Waals surface area contributed by atoms with E-state index in [0.717, 1.165) is 4.90 Å². The first-order valence-electron chi connectivity index (χ1n) is 2.76. The van der Waals surface area contributed by atoms with Crippen LogP contribution in [0, 0.1) is 6.92 Å². The molecule has 1 aromatic carbocycles. The van der Waals surface area contributed by atoms with Gasteiger partial charge in [-0.3, -0.25) is 5.14 Å². The zero-order valence-electron chi connectivity index (χ0n) is 5.29. The van der Waals surface area contributed by atoms with Gasteiger partial charge in [0.2, 0.25) is 0 Å². The van der Waals surface area contributed by atoms with E-state index in [1.165, 1.54) is 17.5 Å². The molecule has 1 nitrogen and oxygen atoms in total. The van der Waals surface area contributed by atoms with Gasteiger partial charge in [-0.15, -0.1) is 0 Å². The van der Waals surface area contributed by atoms with E-state index in [1.807, 2.05) is 12.1 Å². The van der Waals surface area contributed by atoms with Crippen molar-refractivity contribution in [2.75, 3.05) is 0 Å². The SMILES string of the molecule is Cc1ccc(SN)cc1. The fourth-order valence-corrected chi connectivity index (χ4v) is 0.910. The van der Waals surface area contributed by atoms with Gasteiger partial charge in [-0.2, -0.15) is 0 Å². The molecule has 0 heterocycles. The van der Waals surface area contributed by atoms with Crippen LogP contribution < -0.4 is 5.14 Å². The van der Waals surface area contributed by atoms with E-state index in [0.29, 0.717) is 0 Å². The van der Waals surface area contributed by atoms with E-state index in [-0.39, 0.29) is 0 Å². The third-order valence-corrected chi connectivity index (χ3v) is 1.70. The van der Waals surface area contributed by atoms with Gasteiger partial charge in [0.15, 0.2) is 0 Å². The lowest BCUT2D eigenvalue weighted by atomic mass is 10.2. The van der Waals surface area contributed by atoms with Crippen LogP contribution in [0.5, 0.6) is 0 Å². The van der Waals surface area contributed by atoms with Crippen LogP contribution in [0.1, 0.15) is 5.56 Å². The highest BCUT2D eigenvalue weighted by molar-refractivity contribution is 7.97. The lowest BCUT2D eigenvalue weighted by molar-refractivity contribution is 1.38. The summed E-state index contributed by atoms with van der Waals surface area (Å²) in [6.45, 7) is 2.06. The summed E-state index contributed by atoms with van der Waals surface area (Å²) in [5, 5.41) is 5.32. The van der Waals surface area contributed by atoms with Gasteiger partial charge in [-0.05, 0) is 31.0 Å². The van der Waals surface area contributed by atoms with E-state index in [2.05, 4.69) is 19.1 Å². The number of rotatable bonds is 1. The Labute approximate surface area is 59.4 Å². The van der Waals surface area contributed by atoms with Crippen LogP contribution in [0.25, 0.3) is 0 Å². The molecular formula is C7H9NS. The van der Waals surface area contributed by atoms with Gasteiger partial charge in [0.1, 0.15) is 0 Å². The Kier molecular flexibility index (Phi) is 2.14. The van der Waals surface area contributed by atoms with Gasteiger partial charge in [-0.25, -0.2) is 0 Å². The average Bonchev–Trinajstić information content (AvgIpc) is 1.90. The van der Waals surface area contributed by atoms with Crippen molar-refractivity contribution in [1.82, 2.24) is 0 Å². The summed E-state index contributed by atoms with van der Waals surface area (Å²) >= 11 is 1.28. The Morgan fingerprint density at radius 3 is 2.22 bits per heavy atom. The molecule has 0 aliphatic heterocycles. The summed E-state index contributed by atoms with van der Waals surface area (Å²) in [7, 11) is 0. The highest BCUT2D eigenvalue weighted by Gasteiger charge is 1.85. The van der Waals surface area contributed by atoms with Crippen LogP contribution in [-0.4, -0.2) is 0 Å². The van der Waals surface area contributed by atoms with E-state index in [4.69, 9.17) is 5.14 Å². The van der Waals surface area contributed by atoms with Gasteiger partial charge < -0.3 is 0 Å². The maximum Gasteiger partial charge on any atom is 0.0226 e. The number of benzene rings is 1. The third-order valence-electron chi connectivity index (χ3n) is 1.16. The fraction of sp³-hybridized carbons (Fsp3) is 0.143. The molecule has 0 atom stereocenters. The Morgan fingerprint density at radius 2 is 1.78 bits per heavy atom. The van der Waals surface area contributed by atoms with Crippen LogP contribution in [0.3, 0.4) is 0 Å². The first-order valence-corrected chi connectivity index (χ1v) is 3.64. The first kappa shape index (κ1) is 6.65. The summed E-state index contributed by atoms with van der Waals surface area (Å²) < 4.78 is 0. The van der Waals surface area contributed by atoms with Crippen molar-refractivity contribution in [2.45, 2.75) is 11.8 Å². The smallest absolute Gasteiger partial charge is 0.0226 e. The van der Waals surface area contributed by atoms with Crippen molar-refractivity contribution in [3.05, 3.63) is 29.8 Å². The van der Waals surface area contributed by atoms with Gasteiger partial charge in [0.05, 0.1) is 0 Å². The molecule has 0 unspecified atom stereocenters. The van der Waals surface area contributed by atoms with E-state index >= 15 is 0 Å². The molecule has 0 saturated carbocycles. The number of hydrogen-bond donors (Lipinski definition) is 1. The van der Waals surface area contributed by atoms with Gasteiger partial charge in [0, 0.05) is 4.90 Å². The van der Waals surface area contributed by atoms with E-state index in [9.17, 15) is 0 Å². The molecule has 0 aliphatic rings. The van der Waals surface area contributed by atoms with Crippen molar-refractivity contribution in [3.8, 4) is 0 Å². The molecule has 0 radical (unpaired) electrons. The topological polar surface area (TPSA) is 26.0 Å². The van der Waals surface area contributed by atoms with Gasteiger partial charge in [-0.1, -0.05) is 17.7 Å². The predicted octanol–water partition coefficient (Wildman–Crippen LogP) is 1.96. The average molecular weight is 139 g/mol. The maximum absolute atomic E-state index is 5.32. The van der Waals surface area contributed by atoms with Crippen LogP contribution in [-0.2, 0) is 0 Å². The third kappa shape index (κ3) is 1.73. The molecule has 1 rings (SSSR count). The summed E-state index contributed by atoms with van der Waals surface area (Å²) in [5.41, 5.74) is 1.27. The Bertz CT molecular complexity index is 181. The van der Waals surface area contributed by atoms with Crippen molar-refractivity contribution in [2.24, 2.45) is 5.14 Å². The molecule has 0 aliphatic carbocycles. The normalized spacial score (nSPS) is 9.56. The molecule has 0 saturated heterocycles. The minimum absolute atomic E-state index is 1.11. The summed E-state index contributed by atoms with van der Waals surface area (Å²) in [6, 6.07) is 8.13. The minimum Gasteiger partial charge on any atom is -0.274 e. The predicted molar refractivity (Wildman–Crippen MR) is 41.2 cm³/mol. The lowest BCUT2D eigenvalue weighted by Gasteiger charge is -1.93. The van der Waals surface area contributed by atoms with Crippen molar-refractivity contribution >= 4 is 11.9 Å². The van der Waals surface area contributed by atoms with Gasteiger partial charge in [0.25, 0.3) is 0 Å². The molecule has 0 fully saturated rings. The standard InChI is InChI=1S/C7H9NS/c1-6-2-4-7(9-8)5-3-6/h2-5H,8H2,1H3.